The number of hydrogen-bond donors (Lipinski definition) is 2. The second-order valence-electron chi connectivity index (χ2n) is 17.6. The second-order valence-corrected chi connectivity index (χ2v) is 17.6. The first-order chi connectivity index (χ1) is 25.8. The maximum absolute atomic E-state index is 14.7. The maximum atomic E-state index is 14.7. The summed E-state index contributed by atoms with van der Waals surface area (Å²) in [5, 5.41) is 22.9. The fraction of sp³-hybridized carbons (Fsp3) is 0.905. The number of ketones is 2. The van der Waals surface area contributed by atoms with E-state index in [4.69, 9.17) is 33.2 Å². The summed E-state index contributed by atoms with van der Waals surface area (Å²) in [6, 6.07) is 0.311. The van der Waals surface area contributed by atoms with Gasteiger partial charge in [-0.15, -0.1) is 0 Å². The average Bonchev–Trinajstić information content (AvgIpc) is 3.80. The first kappa shape index (κ1) is 42.3. The molecule has 0 aromatic heterocycles. The van der Waals surface area contributed by atoms with Gasteiger partial charge in [0.2, 0.25) is 0 Å². The van der Waals surface area contributed by atoms with Crippen molar-refractivity contribution >= 4 is 11.6 Å². The highest BCUT2D eigenvalue weighted by Gasteiger charge is 2.57. The SMILES string of the molecule is CC[C@H]1CCC[C@H](O[C@H]2CC[C@H](N(C)C)C(C)O2)[C@@H](C)C(=O)C2=C[C@H]3[C@@H]4C[C@H](O[C@H](O)C5C(OC)C(C)[C@H](OC)C5OC)C[C@H]4CC(=O)[C@H]3[C@@H]2CC(O)O1. The number of fused-ring (bicyclic) bond motifs is 5. The van der Waals surface area contributed by atoms with Gasteiger partial charge in [0.15, 0.2) is 24.7 Å². The highest BCUT2D eigenvalue weighted by molar-refractivity contribution is 6.00. The third kappa shape index (κ3) is 8.45. The van der Waals surface area contributed by atoms with Crippen LogP contribution in [-0.2, 0) is 42.7 Å². The van der Waals surface area contributed by atoms with E-state index in [-0.39, 0.29) is 84.6 Å². The number of aliphatic hydroxyl groups is 2. The molecule has 4 aliphatic carbocycles. The molecule has 0 aromatic rings. The topological polar surface area (TPSA) is 142 Å². The number of methoxy groups -OCH3 is 3. The Labute approximate surface area is 322 Å². The molecular formula is C42H69NO11. The molecular weight excluding hydrogens is 694 g/mol. The predicted octanol–water partition coefficient (Wildman–Crippen LogP) is 4.52. The molecule has 0 amide bonds. The Balaban J connectivity index is 1.22. The standard InChI is InChI=1S/C42H69NO11/c1-10-25-12-11-13-33(54-35-15-14-31(43(5)6)23(4)51-35)21(2)38(46)30-19-28-27-18-26(16-24(27)17-32(44)36(28)29(30)20-34(45)52-25)53-42(47)37-39(48-7)22(3)40(49-8)41(37)50-9/h19,21-29,31,33-37,39-42,45,47H,10-18,20H2,1-9H3/t21-,22?,23?,24+,25+,26-,27-,28+,29-,31+,33+,34?,35+,36-,37?,39?,40+,41?,42+/m1/s1. The van der Waals surface area contributed by atoms with Crippen LogP contribution in [0.4, 0.5) is 0 Å². The van der Waals surface area contributed by atoms with Crippen molar-refractivity contribution in [2.45, 2.75) is 160 Å². The van der Waals surface area contributed by atoms with Gasteiger partial charge in [0.05, 0.1) is 48.6 Å². The molecule has 2 heterocycles. The number of allylic oxidation sites excluding steroid dienone is 2. The lowest BCUT2D eigenvalue weighted by Crippen LogP contribution is -2.47. The number of nitrogens with zero attached hydrogens (tertiary/aromatic N) is 1. The van der Waals surface area contributed by atoms with Crippen LogP contribution in [0.1, 0.15) is 91.9 Å². The molecule has 19 atom stereocenters. The number of hydrogen-bond acceptors (Lipinski definition) is 12. The molecule has 12 heteroatoms. The van der Waals surface area contributed by atoms with Gasteiger partial charge in [-0.2, -0.15) is 0 Å². The van der Waals surface area contributed by atoms with Gasteiger partial charge in [0, 0.05) is 63.9 Å². The lowest BCUT2D eigenvalue weighted by molar-refractivity contribution is -0.231. The Morgan fingerprint density at radius 3 is 2.30 bits per heavy atom. The molecule has 54 heavy (non-hydrogen) atoms. The largest absolute Gasteiger partial charge is 0.380 e. The van der Waals surface area contributed by atoms with Gasteiger partial charge in [-0.05, 0) is 95.7 Å². The normalized spacial score (nSPS) is 46.7. The van der Waals surface area contributed by atoms with Crippen molar-refractivity contribution in [2.75, 3.05) is 35.4 Å². The van der Waals surface area contributed by atoms with E-state index in [0.29, 0.717) is 37.3 Å². The second kappa shape index (κ2) is 18.1. The van der Waals surface area contributed by atoms with Gasteiger partial charge >= 0.3 is 0 Å². The van der Waals surface area contributed by atoms with Gasteiger partial charge in [-0.1, -0.05) is 26.8 Å². The smallest absolute Gasteiger partial charge is 0.164 e. The Morgan fingerprint density at radius 1 is 0.926 bits per heavy atom. The molecule has 12 nitrogen and oxygen atoms in total. The number of ether oxygens (including phenoxy) is 7. The van der Waals surface area contributed by atoms with Crippen molar-refractivity contribution in [1.82, 2.24) is 4.90 Å². The summed E-state index contributed by atoms with van der Waals surface area (Å²) in [5.41, 5.74) is 0.628. The predicted molar refractivity (Wildman–Crippen MR) is 200 cm³/mol. The Kier molecular flexibility index (Phi) is 14.2. The molecule has 5 fully saturated rings. The molecule has 0 bridgehead atoms. The van der Waals surface area contributed by atoms with E-state index in [1.54, 1.807) is 21.3 Å². The molecule has 0 aromatic carbocycles. The number of carbonyl (C=O) groups excluding carboxylic acids is 2. The van der Waals surface area contributed by atoms with Crippen molar-refractivity contribution in [3.05, 3.63) is 11.6 Å². The minimum atomic E-state index is -1.14. The quantitative estimate of drug-likeness (QED) is 0.302. The fourth-order valence-corrected chi connectivity index (χ4v) is 11.6. The fourth-order valence-electron chi connectivity index (χ4n) is 11.6. The molecule has 308 valence electrons. The van der Waals surface area contributed by atoms with E-state index in [1.807, 2.05) is 13.8 Å². The van der Waals surface area contributed by atoms with Gasteiger partial charge in [-0.25, -0.2) is 0 Å². The number of rotatable bonds is 10. The van der Waals surface area contributed by atoms with E-state index in [0.717, 1.165) is 32.1 Å². The Bertz CT molecular complexity index is 1310. The zero-order valence-electron chi connectivity index (χ0n) is 34.1. The molecule has 6 rings (SSSR count). The van der Waals surface area contributed by atoms with Gasteiger partial charge in [0.25, 0.3) is 0 Å². The summed E-state index contributed by atoms with van der Waals surface area (Å²) >= 11 is 0. The highest BCUT2D eigenvalue weighted by Crippen LogP contribution is 2.56. The summed E-state index contributed by atoms with van der Waals surface area (Å²) in [7, 11) is 9.05. The molecule has 2 aliphatic heterocycles. The van der Waals surface area contributed by atoms with E-state index >= 15 is 0 Å². The van der Waals surface area contributed by atoms with Crippen LogP contribution in [0.5, 0.6) is 0 Å². The first-order valence-electron chi connectivity index (χ1n) is 20.8. The summed E-state index contributed by atoms with van der Waals surface area (Å²) in [6.07, 6.45) is 4.32. The molecule has 2 saturated heterocycles. The van der Waals surface area contributed by atoms with Crippen molar-refractivity contribution in [3.8, 4) is 0 Å². The van der Waals surface area contributed by atoms with Crippen LogP contribution in [0.3, 0.4) is 0 Å². The summed E-state index contributed by atoms with van der Waals surface area (Å²) < 4.78 is 43.1. The monoisotopic (exact) mass is 763 g/mol. The summed E-state index contributed by atoms with van der Waals surface area (Å²) in [4.78, 5) is 31.1. The minimum Gasteiger partial charge on any atom is -0.380 e. The van der Waals surface area contributed by atoms with Crippen LogP contribution in [0.2, 0.25) is 0 Å². The molecule has 3 saturated carbocycles. The van der Waals surface area contributed by atoms with Crippen LogP contribution in [0.15, 0.2) is 11.6 Å². The molecule has 6 aliphatic rings. The van der Waals surface area contributed by atoms with Crippen molar-refractivity contribution < 1.29 is 53.0 Å². The summed E-state index contributed by atoms with van der Waals surface area (Å²) in [6.45, 7) is 8.14. The Hall–Kier alpha value is -1.32. The lowest BCUT2D eigenvalue weighted by atomic mass is 9.65. The molecule has 0 radical (unpaired) electrons. The van der Waals surface area contributed by atoms with E-state index < -0.39 is 42.4 Å². The van der Waals surface area contributed by atoms with Crippen LogP contribution in [0, 0.1) is 47.3 Å². The average molecular weight is 764 g/mol. The molecule has 0 spiro atoms. The zero-order chi connectivity index (χ0) is 39.0. The first-order valence-corrected chi connectivity index (χ1v) is 20.8. The van der Waals surface area contributed by atoms with E-state index in [1.165, 1.54) is 0 Å². The van der Waals surface area contributed by atoms with Crippen LogP contribution in [0.25, 0.3) is 0 Å². The highest BCUT2D eigenvalue weighted by atomic mass is 16.7. The lowest BCUT2D eigenvalue weighted by Gasteiger charge is -2.40. The number of carbonyl (C=O) groups is 2. The van der Waals surface area contributed by atoms with Gasteiger partial charge in [-0.3, -0.25) is 9.59 Å². The summed E-state index contributed by atoms with van der Waals surface area (Å²) in [5.74, 6) is -1.63. The van der Waals surface area contributed by atoms with Crippen LogP contribution < -0.4 is 0 Å². The van der Waals surface area contributed by atoms with Gasteiger partial charge < -0.3 is 48.3 Å². The maximum Gasteiger partial charge on any atom is 0.164 e. The number of aliphatic hydroxyl groups excluding tert-OH is 2. The van der Waals surface area contributed by atoms with Gasteiger partial charge in [0.1, 0.15) is 5.78 Å². The number of likely N-dealkylation sites (N-methyl/N-ethyl adjacent to an activating group) is 1. The molecule has 2 N–H and O–H groups in total. The van der Waals surface area contributed by atoms with Crippen molar-refractivity contribution in [3.63, 3.8) is 0 Å². The third-order valence-corrected chi connectivity index (χ3v) is 14.4. The van der Waals surface area contributed by atoms with Crippen LogP contribution >= 0.6 is 0 Å². The van der Waals surface area contributed by atoms with E-state index in [9.17, 15) is 19.8 Å². The van der Waals surface area contributed by atoms with E-state index in [2.05, 4.69) is 38.9 Å². The molecule has 6 unspecified atom stereocenters. The van der Waals surface area contributed by atoms with Crippen molar-refractivity contribution in [1.29, 1.82) is 0 Å². The van der Waals surface area contributed by atoms with Crippen LogP contribution in [-0.4, -0.2) is 130 Å². The Morgan fingerprint density at radius 2 is 1.65 bits per heavy atom. The third-order valence-electron chi connectivity index (χ3n) is 14.4. The number of Topliss-reactive ketones (excluding diaryl/α,β-unsaturated/α-hetero) is 2. The van der Waals surface area contributed by atoms with Crippen molar-refractivity contribution in [2.24, 2.45) is 47.3 Å². The minimum absolute atomic E-state index is 0.00603. The zero-order valence-corrected chi connectivity index (χ0v) is 34.1.